The normalized spacial score (nSPS) is 10.6. The molecule has 1 aromatic heterocycles. The Morgan fingerprint density at radius 3 is 2.95 bits per heavy atom. The fraction of sp³-hybridized carbons (Fsp3) is 0.200. The molecule has 0 aliphatic rings. The summed E-state index contributed by atoms with van der Waals surface area (Å²) in [7, 11) is 1.50. The Labute approximate surface area is 132 Å². The third-order valence-electron chi connectivity index (χ3n) is 2.64. The zero-order valence-electron chi connectivity index (χ0n) is 12.0. The van der Waals surface area contributed by atoms with Crippen LogP contribution in [0.5, 0.6) is 11.5 Å². The van der Waals surface area contributed by atoms with Crippen LogP contribution in [-0.2, 0) is 0 Å². The molecule has 0 radical (unpaired) electrons. The second-order valence-corrected chi connectivity index (χ2v) is 5.11. The molecule has 0 saturated heterocycles. The number of ether oxygens (including phenoxy) is 2. The maximum absolute atomic E-state index is 11.9. The van der Waals surface area contributed by atoms with Gasteiger partial charge in [-0.3, -0.25) is 0 Å². The molecule has 0 amide bonds. The van der Waals surface area contributed by atoms with Crippen molar-refractivity contribution in [2.75, 3.05) is 20.3 Å². The van der Waals surface area contributed by atoms with E-state index in [1.54, 1.807) is 36.5 Å². The molecule has 0 fully saturated rings. The van der Waals surface area contributed by atoms with Gasteiger partial charge in [-0.25, -0.2) is 4.79 Å². The molecule has 0 bridgehead atoms. The van der Waals surface area contributed by atoms with E-state index in [1.165, 1.54) is 18.4 Å². The van der Waals surface area contributed by atoms with Crippen molar-refractivity contribution in [3.63, 3.8) is 0 Å². The number of esters is 1. The number of thiophene rings is 1. The van der Waals surface area contributed by atoms with Crippen LogP contribution < -0.4 is 14.9 Å². The van der Waals surface area contributed by atoms with Gasteiger partial charge in [0.25, 0.3) is 0 Å². The third kappa shape index (κ3) is 4.31. The van der Waals surface area contributed by atoms with Gasteiger partial charge in [0.2, 0.25) is 0 Å². The molecule has 0 aliphatic heterocycles. The van der Waals surface area contributed by atoms with E-state index in [4.69, 9.17) is 14.6 Å². The Morgan fingerprint density at radius 1 is 1.41 bits per heavy atom. The van der Waals surface area contributed by atoms with Gasteiger partial charge in [0, 0.05) is 0 Å². The lowest BCUT2D eigenvalue weighted by Gasteiger charge is -2.09. The van der Waals surface area contributed by atoms with Gasteiger partial charge in [0.1, 0.15) is 4.88 Å². The number of aliphatic hydroxyl groups excluding tert-OH is 1. The zero-order chi connectivity index (χ0) is 15.8. The number of rotatable bonds is 7. The van der Waals surface area contributed by atoms with Crippen LogP contribution in [0.4, 0.5) is 0 Å². The number of nitrogens with zero attached hydrogens (tertiary/aromatic N) is 1. The first-order valence-electron chi connectivity index (χ1n) is 6.55. The number of methoxy groups -OCH3 is 1. The molecule has 1 aromatic carbocycles. The van der Waals surface area contributed by atoms with Crippen LogP contribution in [0.2, 0.25) is 0 Å². The van der Waals surface area contributed by atoms with E-state index in [0.717, 1.165) is 5.56 Å². The van der Waals surface area contributed by atoms with Crippen molar-refractivity contribution in [3.05, 3.63) is 46.2 Å². The van der Waals surface area contributed by atoms with Crippen LogP contribution in [0.3, 0.4) is 0 Å². The van der Waals surface area contributed by atoms with E-state index in [0.29, 0.717) is 22.9 Å². The predicted octanol–water partition coefficient (Wildman–Crippen LogP) is 1.89. The molecule has 0 saturated carbocycles. The molecule has 7 heteroatoms. The van der Waals surface area contributed by atoms with Crippen molar-refractivity contribution in [1.82, 2.24) is 5.43 Å². The Kier molecular flexibility index (Phi) is 5.93. The molecule has 0 atom stereocenters. The second-order valence-electron chi connectivity index (χ2n) is 4.17. The lowest BCUT2D eigenvalue weighted by molar-refractivity contribution is 0.0735. The van der Waals surface area contributed by atoms with Crippen molar-refractivity contribution in [3.8, 4) is 11.5 Å². The van der Waals surface area contributed by atoms with Gasteiger partial charge in [0.15, 0.2) is 11.5 Å². The van der Waals surface area contributed by atoms with Gasteiger partial charge in [0.05, 0.1) is 26.5 Å². The number of carbonyl (C=O) groups is 1. The maximum Gasteiger partial charge on any atom is 0.353 e. The van der Waals surface area contributed by atoms with Crippen LogP contribution in [0.25, 0.3) is 0 Å². The average Bonchev–Trinajstić information content (AvgIpc) is 3.07. The van der Waals surface area contributed by atoms with Crippen molar-refractivity contribution in [2.24, 2.45) is 5.10 Å². The van der Waals surface area contributed by atoms with Crippen molar-refractivity contribution in [1.29, 1.82) is 0 Å². The Bertz CT molecular complexity index is 641. The van der Waals surface area contributed by atoms with Gasteiger partial charge in [-0.2, -0.15) is 5.10 Å². The van der Waals surface area contributed by atoms with Crippen LogP contribution in [0.1, 0.15) is 15.2 Å². The Balaban J connectivity index is 2.09. The summed E-state index contributed by atoms with van der Waals surface area (Å²) in [6, 6.07) is 8.60. The van der Waals surface area contributed by atoms with Crippen molar-refractivity contribution >= 4 is 23.5 Å². The van der Waals surface area contributed by atoms with Crippen LogP contribution in [0.15, 0.2) is 40.8 Å². The smallest absolute Gasteiger partial charge is 0.353 e. The molecule has 0 unspecified atom stereocenters. The fourth-order valence-corrected chi connectivity index (χ4v) is 2.23. The minimum absolute atomic E-state index is 0.0122. The van der Waals surface area contributed by atoms with Crippen molar-refractivity contribution in [2.45, 2.75) is 0 Å². The van der Waals surface area contributed by atoms with Crippen LogP contribution in [-0.4, -0.2) is 37.6 Å². The highest BCUT2D eigenvalue weighted by Crippen LogP contribution is 2.28. The number of aliphatic hydroxyl groups is 1. The van der Waals surface area contributed by atoms with E-state index in [2.05, 4.69) is 10.5 Å². The monoisotopic (exact) mass is 320 g/mol. The summed E-state index contributed by atoms with van der Waals surface area (Å²) in [5, 5.41) is 14.4. The topological polar surface area (TPSA) is 80.2 Å². The summed E-state index contributed by atoms with van der Waals surface area (Å²) in [5.74, 6) is 0.372. The van der Waals surface area contributed by atoms with E-state index >= 15 is 0 Å². The number of hydrogen-bond donors (Lipinski definition) is 2. The molecule has 22 heavy (non-hydrogen) atoms. The molecule has 116 valence electrons. The third-order valence-corrected chi connectivity index (χ3v) is 3.49. The highest BCUT2D eigenvalue weighted by molar-refractivity contribution is 7.12. The average molecular weight is 320 g/mol. The fourth-order valence-electron chi connectivity index (χ4n) is 1.63. The number of carbonyl (C=O) groups excluding carboxylic acids is 1. The van der Waals surface area contributed by atoms with E-state index in [1.807, 2.05) is 5.38 Å². The summed E-state index contributed by atoms with van der Waals surface area (Å²) in [6.45, 7) is 0.391. The van der Waals surface area contributed by atoms with E-state index < -0.39 is 5.97 Å². The number of hydrazone groups is 1. The number of hydrogen-bond acceptors (Lipinski definition) is 7. The van der Waals surface area contributed by atoms with Crippen LogP contribution in [0, 0.1) is 0 Å². The standard InChI is InChI=1S/C15H16N2O4S/c1-20-13-9-11(10-17-16-6-7-18)4-5-12(13)21-15(19)14-3-2-8-22-14/h2-5,8-10,16,18H,6-7H2,1H3/b17-10-. The quantitative estimate of drug-likeness (QED) is 0.268. The first kappa shape index (κ1) is 16.0. The summed E-state index contributed by atoms with van der Waals surface area (Å²) in [4.78, 5) is 12.5. The molecule has 2 aromatic rings. The molecule has 0 spiro atoms. The van der Waals surface area contributed by atoms with Gasteiger partial charge in [-0.1, -0.05) is 6.07 Å². The van der Waals surface area contributed by atoms with Crippen LogP contribution >= 0.6 is 11.3 Å². The Hall–Kier alpha value is -2.38. The predicted molar refractivity (Wildman–Crippen MR) is 85.0 cm³/mol. The van der Waals surface area contributed by atoms with Gasteiger partial charge in [-0.15, -0.1) is 11.3 Å². The molecule has 6 nitrogen and oxygen atoms in total. The zero-order valence-corrected chi connectivity index (χ0v) is 12.8. The Morgan fingerprint density at radius 2 is 2.27 bits per heavy atom. The first-order valence-corrected chi connectivity index (χ1v) is 7.43. The van der Waals surface area contributed by atoms with Crippen molar-refractivity contribution < 1.29 is 19.4 Å². The molecule has 2 rings (SSSR count). The van der Waals surface area contributed by atoms with E-state index in [-0.39, 0.29) is 6.61 Å². The maximum atomic E-state index is 11.9. The molecular formula is C15H16N2O4S. The van der Waals surface area contributed by atoms with Gasteiger partial charge < -0.3 is 20.0 Å². The highest BCUT2D eigenvalue weighted by atomic mass is 32.1. The molecule has 1 heterocycles. The summed E-state index contributed by atoms with van der Waals surface area (Å²) in [6.07, 6.45) is 1.59. The first-order chi connectivity index (χ1) is 10.7. The molecule has 0 aliphatic carbocycles. The molecule has 2 N–H and O–H groups in total. The summed E-state index contributed by atoms with van der Waals surface area (Å²) in [5.41, 5.74) is 3.46. The lowest BCUT2D eigenvalue weighted by atomic mass is 10.2. The lowest BCUT2D eigenvalue weighted by Crippen LogP contribution is -2.11. The number of benzene rings is 1. The largest absolute Gasteiger partial charge is 0.493 e. The number of nitrogens with one attached hydrogen (secondary N) is 1. The highest BCUT2D eigenvalue weighted by Gasteiger charge is 2.13. The summed E-state index contributed by atoms with van der Waals surface area (Å²) < 4.78 is 10.6. The van der Waals surface area contributed by atoms with E-state index in [9.17, 15) is 4.79 Å². The van der Waals surface area contributed by atoms with Gasteiger partial charge in [-0.05, 0) is 35.2 Å². The van der Waals surface area contributed by atoms with Gasteiger partial charge >= 0.3 is 5.97 Å². The summed E-state index contributed by atoms with van der Waals surface area (Å²) >= 11 is 1.32. The molecular weight excluding hydrogens is 304 g/mol. The minimum atomic E-state index is -0.417. The second kappa shape index (κ2) is 8.16. The minimum Gasteiger partial charge on any atom is -0.493 e. The SMILES string of the molecule is COc1cc(/C=N\NCCO)ccc1OC(=O)c1cccs1.